The zero-order valence-corrected chi connectivity index (χ0v) is 11.4. The normalized spacial score (nSPS) is 10.9. The fraction of sp³-hybridized carbons (Fsp3) is 0.188. The van der Waals surface area contributed by atoms with Gasteiger partial charge in [-0.3, -0.25) is 0 Å². The Morgan fingerprint density at radius 1 is 1.14 bits per heavy atom. The van der Waals surface area contributed by atoms with Gasteiger partial charge in [0.2, 0.25) is 0 Å². The first-order valence-corrected chi connectivity index (χ1v) is 6.84. The van der Waals surface area contributed by atoms with E-state index in [1.807, 2.05) is 18.2 Å². The number of hydrogen-bond acceptors (Lipinski definition) is 3. The lowest BCUT2D eigenvalue weighted by Gasteiger charge is -2.03. The van der Waals surface area contributed by atoms with Crippen molar-refractivity contribution < 1.29 is 9.90 Å². The maximum atomic E-state index is 11.2. The second-order valence-electron chi connectivity index (χ2n) is 4.84. The van der Waals surface area contributed by atoms with Gasteiger partial charge in [-0.25, -0.2) is 14.5 Å². The van der Waals surface area contributed by atoms with Gasteiger partial charge in [0.1, 0.15) is 0 Å². The molecule has 1 N–H and O–H groups in total. The van der Waals surface area contributed by atoms with Crippen LogP contribution in [0.15, 0.2) is 48.7 Å². The lowest BCUT2D eigenvalue weighted by atomic mass is 10.1. The van der Waals surface area contributed by atoms with E-state index in [1.165, 1.54) is 5.56 Å². The van der Waals surface area contributed by atoms with E-state index in [9.17, 15) is 9.90 Å². The lowest BCUT2D eigenvalue weighted by Crippen LogP contribution is -2.04. The predicted octanol–water partition coefficient (Wildman–Crippen LogP) is 2.76. The summed E-state index contributed by atoms with van der Waals surface area (Å²) in [6.45, 7) is 0.648. The molecule has 5 heteroatoms. The van der Waals surface area contributed by atoms with E-state index in [-0.39, 0.29) is 5.69 Å². The second-order valence-corrected chi connectivity index (χ2v) is 4.84. The number of aromatic carboxylic acids is 1. The lowest BCUT2D eigenvalue weighted by molar-refractivity contribution is 0.0691. The molecule has 0 atom stereocenters. The Labute approximate surface area is 121 Å². The maximum Gasteiger partial charge on any atom is 0.357 e. The molecule has 106 valence electrons. The van der Waals surface area contributed by atoms with Crippen molar-refractivity contribution >= 4 is 17.0 Å². The van der Waals surface area contributed by atoms with Crippen LogP contribution in [-0.2, 0) is 13.0 Å². The van der Waals surface area contributed by atoms with Crippen molar-refractivity contribution in [2.45, 2.75) is 19.4 Å². The molecular formula is C16H15N3O2. The molecule has 0 saturated heterocycles. The molecule has 0 aliphatic rings. The highest BCUT2D eigenvalue weighted by Gasteiger charge is 2.16. The number of benzene rings is 1. The third-order valence-corrected chi connectivity index (χ3v) is 3.39. The van der Waals surface area contributed by atoms with E-state index in [0.29, 0.717) is 17.6 Å². The zero-order chi connectivity index (χ0) is 14.7. The average Bonchev–Trinajstić information content (AvgIpc) is 2.88. The summed E-state index contributed by atoms with van der Waals surface area (Å²) in [5, 5.41) is 14.0. The number of pyridine rings is 1. The first-order valence-electron chi connectivity index (χ1n) is 6.84. The van der Waals surface area contributed by atoms with Gasteiger partial charge in [0, 0.05) is 12.7 Å². The van der Waals surface area contributed by atoms with E-state index in [0.717, 1.165) is 12.8 Å². The molecule has 0 radical (unpaired) electrons. The molecule has 0 fully saturated rings. The van der Waals surface area contributed by atoms with Gasteiger partial charge >= 0.3 is 5.97 Å². The molecule has 0 bridgehead atoms. The number of carboxylic acid groups (broad SMARTS) is 1. The molecule has 21 heavy (non-hydrogen) atoms. The first kappa shape index (κ1) is 13.3. The molecule has 1 aromatic carbocycles. The number of aryl methyl sites for hydroxylation is 2. The number of fused-ring (bicyclic) bond motifs is 1. The molecule has 0 aliphatic carbocycles. The number of aromatic nitrogens is 3. The van der Waals surface area contributed by atoms with Crippen LogP contribution in [0.4, 0.5) is 0 Å². The molecule has 5 nitrogen and oxygen atoms in total. The minimum Gasteiger partial charge on any atom is -0.476 e. The van der Waals surface area contributed by atoms with Crippen molar-refractivity contribution in [1.82, 2.24) is 14.8 Å². The quantitative estimate of drug-likeness (QED) is 0.780. The smallest absolute Gasteiger partial charge is 0.357 e. The van der Waals surface area contributed by atoms with Crippen LogP contribution in [0.1, 0.15) is 22.5 Å². The molecule has 0 spiro atoms. The third kappa shape index (κ3) is 2.76. The van der Waals surface area contributed by atoms with Crippen LogP contribution >= 0.6 is 0 Å². The number of hydrogen-bond donors (Lipinski definition) is 1. The van der Waals surface area contributed by atoms with E-state index in [1.54, 1.807) is 23.0 Å². The van der Waals surface area contributed by atoms with Gasteiger partial charge in [0.15, 0.2) is 11.3 Å². The molecule has 0 unspecified atom stereocenters. The van der Waals surface area contributed by atoms with Crippen molar-refractivity contribution in [3.63, 3.8) is 0 Å². The molecule has 0 amide bonds. The van der Waals surface area contributed by atoms with E-state index < -0.39 is 5.97 Å². The highest BCUT2D eigenvalue weighted by Crippen LogP contribution is 2.17. The topological polar surface area (TPSA) is 68.0 Å². The number of rotatable bonds is 5. The van der Waals surface area contributed by atoms with Crippen LogP contribution in [0.5, 0.6) is 0 Å². The summed E-state index contributed by atoms with van der Waals surface area (Å²) < 4.78 is 1.68. The molecule has 3 aromatic rings. The van der Waals surface area contributed by atoms with Gasteiger partial charge in [-0.05, 0) is 30.5 Å². The fourth-order valence-electron chi connectivity index (χ4n) is 2.40. The van der Waals surface area contributed by atoms with Crippen LogP contribution in [0, 0.1) is 0 Å². The Kier molecular flexibility index (Phi) is 3.64. The predicted molar refractivity (Wildman–Crippen MR) is 79.3 cm³/mol. The van der Waals surface area contributed by atoms with Crippen LogP contribution < -0.4 is 0 Å². The Bertz CT molecular complexity index is 766. The Balaban J connectivity index is 1.79. The third-order valence-electron chi connectivity index (χ3n) is 3.39. The molecule has 3 rings (SSSR count). The van der Waals surface area contributed by atoms with Crippen molar-refractivity contribution in [2.24, 2.45) is 0 Å². The van der Waals surface area contributed by atoms with E-state index in [4.69, 9.17) is 0 Å². The van der Waals surface area contributed by atoms with Crippen molar-refractivity contribution in [3.05, 3.63) is 59.9 Å². The molecular weight excluding hydrogens is 266 g/mol. The van der Waals surface area contributed by atoms with Crippen molar-refractivity contribution in [1.29, 1.82) is 0 Å². The molecule has 0 aliphatic heterocycles. The second kappa shape index (κ2) is 5.75. The van der Waals surface area contributed by atoms with E-state index >= 15 is 0 Å². The molecule has 0 saturated carbocycles. The minimum absolute atomic E-state index is 0.0674. The standard InChI is InChI=1S/C16H15N3O2/c20-16(21)14-13-9-4-10-17-15(13)19(18-14)11-5-8-12-6-2-1-3-7-12/h1-4,6-7,9-10H,5,8,11H2,(H,20,21). The summed E-state index contributed by atoms with van der Waals surface area (Å²) in [7, 11) is 0. The van der Waals surface area contributed by atoms with Crippen LogP contribution in [0.25, 0.3) is 11.0 Å². The van der Waals surface area contributed by atoms with Crippen molar-refractivity contribution in [2.75, 3.05) is 0 Å². The Morgan fingerprint density at radius 2 is 1.95 bits per heavy atom. The number of carboxylic acids is 1. The highest BCUT2D eigenvalue weighted by molar-refractivity contribution is 5.99. The van der Waals surface area contributed by atoms with Gasteiger partial charge < -0.3 is 5.11 Å². The monoisotopic (exact) mass is 281 g/mol. The van der Waals surface area contributed by atoms with Gasteiger partial charge in [-0.2, -0.15) is 5.10 Å². The summed E-state index contributed by atoms with van der Waals surface area (Å²) in [5.41, 5.74) is 1.96. The molecule has 2 heterocycles. The SMILES string of the molecule is O=C(O)c1nn(CCCc2ccccc2)c2ncccc12. The van der Waals surface area contributed by atoms with Gasteiger partial charge in [-0.15, -0.1) is 0 Å². The van der Waals surface area contributed by atoms with Crippen LogP contribution in [0.3, 0.4) is 0 Å². The first-order chi connectivity index (χ1) is 10.3. The Hall–Kier alpha value is -2.69. The number of carbonyl (C=O) groups is 1. The van der Waals surface area contributed by atoms with Crippen LogP contribution in [0.2, 0.25) is 0 Å². The van der Waals surface area contributed by atoms with E-state index in [2.05, 4.69) is 22.2 Å². The van der Waals surface area contributed by atoms with Gasteiger partial charge in [0.05, 0.1) is 5.39 Å². The van der Waals surface area contributed by atoms with Crippen molar-refractivity contribution in [3.8, 4) is 0 Å². The summed E-state index contributed by atoms with van der Waals surface area (Å²) in [6, 6.07) is 13.7. The number of nitrogens with zero attached hydrogens (tertiary/aromatic N) is 3. The zero-order valence-electron chi connectivity index (χ0n) is 11.4. The largest absolute Gasteiger partial charge is 0.476 e. The van der Waals surface area contributed by atoms with Gasteiger partial charge in [0.25, 0.3) is 0 Å². The molecule has 2 aromatic heterocycles. The van der Waals surface area contributed by atoms with Gasteiger partial charge in [-0.1, -0.05) is 30.3 Å². The highest BCUT2D eigenvalue weighted by atomic mass is 16.4. The summed E-state index contributed by atoms with van der Waals surface area (Å²) in [4.78, 5) is 15.5. The summed E-state index contributed by atoms with van der Waals surface area (Å²) in [6.07, 6.45) is 3.47. The van der Waals surface area contributed by atoms with Crippen LogP contribution in [-0.4, -0.2) is 25.8 Å². The Morgan fingerprint density at radius 3 is 2.71 bits per heavy atom. The average molecular weight is 281 g/mol. The fourth-order valence-corrected chi connectivity index (χ4v) is 2.40. The summed E-state index contributed by atoms with van der Waals surface area (Å²) >= 11 is 0. The summed E-state index contributed by atoms with van der Waals surface area (Å²) in [5.74, 6) is -1.02. The minimum atomic E-state index is -1.02. The maximum absolute atomic E-state index is 11.2.